The van der Waals surface area contributed by atoms with E-state index in [0.717, 1.165) is 0 Å². The molecule has 120 valence electrons. The van der Waals surface area contributed by atoms with Crippen LogP contribution in [0, 0.1) is 5.92 Å². The molecular formula is C14H20N4O4. The van der Waals surface area contributed by atoms with Gasteiger partial charge in [0.05, 0.1) is 25.3 Å². The number of rotatable bonds is 6. The largest absolute Gasteiger partial charge is 0.476 e. The standard InChI is InChI=1S/C14H20N4O4/c1-3-21-13-10(8-16-14(18-13)22-4-2)17-12(20)9-5-6-11(19)15-7-9/h8-9H,3-7H2,1-2H3,(H,15,19)(H,17,20). The van der Waals surface area contributed by atoms with Crippen LogP contribution in [0.25, 0.3) is 0 Å². The zero-order valence-electron chi connectivity index (χ0n) is 12.7. The van der Waals surface area contributed by atoms with Gasteiger partial charge >= 0.3 is 6.01 Å². The molecule has 0 bridgehead atoms. The molecule has 0 spiro atoms. The first-order chi connectivity index (χ1) is 10.6. The van der Waals surface area contributed by atoms with Gasteiger partial charge in [-0.3, -0.25) is 9.59 Å². The van der Waals surface area contributed by atoms with Crippen molar-refractivity contribution in [1.29, 1.82) is 0 Å². The van der Waals surface area contributed by atoms with E-state index in [9.17, 15) is 9.59 Å². The zero-order chi connectivity index (χ0) is 15.9. The van der Waals surface area contributed by atoms with E-state index in [-0.39, 0.29) is 29.6 Å². The quantitative estimate of drug-likeness (QED) is 0.803. The molecule has 2 rings (SSSR count). The molecule has 1 aromatic rings. The number of piperidine rings is 1. The lowest BCUT2D eigenvalue weighted by Crippen LogP contribution is -2.40. The molecule has 1 fully saturated rings. The smallest absolute Gasteiger partial charge is 0.319 e. The number of carbonyl (C=O) groups is 2. The average Bonchev–Trinajstić information content (AvgIpc) is 2.51. The third-order valence-corrected chi connectivity index (χ3v) is 3.18. The Morgan fingerprint density at radius 3 is 2.82 bits per heavy atom. The number of nitrogens with zero attached hydrogens (tertiary/aromatic N) is 2. The Labute approximate surface area is 128 Å². The van der Waals surface area contributed by atoms with E-state index in [1.807, 2.05) is 13.8 Å². The number of hydrogen-bond acceptors (Lipinski definition) is 6. The molecule has 1 aliphatic heterocycles. The van der Waals surface area contributed by atoms with Gasteiger partial charge in [0.1, 0.15) is 5.69 Å². The number of ether oxygens (including phenoxy) is 2. The second-order valence-electron chi connectivity index (χ2n) is 4.77. The summed E-state index contributed by atoms with van der Waals surface area (Å²) in [5.41, 5.74) is 0.396. The highest BCUT2D eigenvalue weighted by Gasteiger charge is 2.25. The Morgan fingerprint density at radius 1 is 1.41 bits per heavy atom. The van der Waals surface area contributed by atoms with Crippen molar-refractivity contribution in [2.24, 2.45) is 5.92 Å². The maximum Gasteiger partial charge on any atom is 0.319 e. The van der Waals surface area contributed by atoms with Gasteiger partial charge in [-0.2, -0.15) is 4.98 Å². The second-order valence-corrected chi connectivity index (χ2v) is 4.77. The minimum Gasteiger partial charge on any atom is -0.476 e. The maximum atomic E-state index is 12.2. The molecular weight excluding hydrogens is 288 g/mol. The summed E-state index contributed by atoms with van der Waals surface area (Å²) in [6.07, 6.45) is 2.35. The number of anilines is 1. The number of aromatic nitrogens is 2. The molecule has 2 amide bonds. The molecule has 2 heterocycles. The van der Waals surface area contributed by atoms with Crippen molar-refractivity contribution in [2.45, 2.75) is 26.7 Å². The van der Waals surface area contributed by atoms with Crippen LogP contribution in [0.4, 0.5) is 5.69 Å². The number of carbonyl (C=O) groups excluding carboxylic acids is 2. The van der Waals surface area contributed by atoms with Crippen molar-refractivity contribution in [3.05, 3.63) is 6.20 Å². The summed E-state index contributed by atoms with van der Waals surface area (Å²) in [5, 5.41) is 5.44. The van der Waals surface area contributed by atoms with Crippen LogP contribution in [0.5, 0.6) is 11.9 Å². The molecule has 1 aromatic heterocycles. The second kappa shape index (κ2) is 7.58. The first kappa shape index (κ1) is 16.0. The Morgan fingerprint density at radius 2 is 2.18 bits per heavy atom. The van der Waals surface area contributed by atoms with Crippen LogP contribution in [-0.4, -0.2) is 41.5 Å². The van der Waals surface area contributed by atoms with Crippen LogP contribution < -0.4 is 20.1 Å². The monoisotopic (exact) mass is 308 g/mol. The zero-order valence-corrected chi connectivity index (χ0v) is 12.7. The van der Waals surface area contributed by atoms with Gasteiger partial charge in [-0.05, 0) is 20.3 Å². The van der Waals surface area contributed by atoms with Gasteiger partial charge < -0.3 is 20.1 Å². The molecule has 1 unspecified atom stereocenters. The molecule has 8 nitrogen and oxygen atoms in total. The van der Waals surface area contributed by atoms with Gasteiger partial charge in [0.15, 0.2) is 0 Å². The number of amides is 2. The van der Waals surface area contributed by atoms with E-state index in [1.54, 1.807) is 0 Å². The van der Waals surface area contributed by atoms with Crippen LogP contribution in [0.3, 0.4) is 0 Å². The lowest BCUT2D eigenvalue weighted by molar-refractivity contribution is -0.126. The summed E-state index contributed by atoms with van der Waals surface area (Å²) in [7, 11) is 0. The lowest BCUT2D eigenvalue weighted by Gasteiger charge is -2.21. The molecule has 0 saturated carbocycles. The highest BCUT2D eigenvalue weighted by atomic mass is 16.5. The number of nitrogens with one attached hydrogen (secondary N) is 2. The summed E-state index contributed by atoms with van der Waals surface area (Å²) in [5.74, 6) is -0.204. The molecule has 1 aliphatic rings. The molecule has 0 radical (unpaired) electrons. The normalized spacial score (nSPS) is 17.5. The summed E-state index contributed by atoms with van der Waals surface area (Å²) in [6.45, 7) is 4.85. The highest BCUT2D eigenvalue weighted by molar-refractivity contribution is 5.94. The fraction of sp³-hybridized carbons (Fsp3) is 0.571. The van der Waals surface area contributed by atoms with E-state index in [1.165, 1.54) is 6.20 Å². The summed E-state index contributed by atoms with van der Waals surface area (Å²) < 4.78 is 10.6. The Kier molecular flexibility index (Phi) is 5.51. The van der Waals surface area contributed by atoms with Gasteiger partial charge in [-0.25, -0.2) is 4.98 Å². The fourth-order valence-electron chi connectivity index (χ4n) is 2.07. The summed E-state index contributed by atoms with van der Waals surface area (Å²) in [6, 6.07) is 0.203. The molecule has 1 atom stereocenters. The first-order valence-corrected chi connectivity index (χ1v) is 7.34. The Hall–Kier alpha value is -2.38. The first-order valence-electron chi connectivity index (χ1n) is 7.34. The molecule has 0 aliphatic carbocycles. The van der Waals surface area contributed by atoms with Crippen LogP contribution >= 0.6 is 0 Å². The third-order valence-electron chi connectivity index (χ3n) is 3.18. The Bertz CT molecular complexity index is 540. The lowest BCUT2D eigenvalue weighted by atomic mass is 9.98. The van der Waals surface area contributed by atoms with Crippen LogP contribution in [0.1, 0.15) is 26.7 Å². The van der Waals surface area contributed by atoms with E-state index in [0.29, 0.717) is 38.3 Å². The summed E-state index contributed by atoms with van der Waals surface area (Å²) in [4.78, 5) is 31.5. The average molecular weight is 308 g/mol. The highest BCUT2D eigenvalue weighted by Crippen LogP contribution is 2.24. The minimum atomic E-state index is -0.265. The molecule has 0 aromatic carbocycles. The van der Waals surface area contributed by atoms with Crippen molar-refractivity contribution in [3.8, 4) is 11.9 Å². The van der Waals surface area contributed by atoms with E-state index in [4.69, 9.17) is 9.47 Å². The van der Waals surface area contributed by atoms with Crippen LogP contribution in [0.15, 0.2) is 6.20 Å². The van der Waals surface area contributed by atoms with E-state index < -0.39 is 0 Å². The van der Waals surface area contributed by atoms with Gasteiger partial charge in [0.25, 0.3) is 0 Å². The van der Waals surface area contributed by atoms with Crippen molar-refractivity contribution < 1.29 is 19.1 Å². The third kappa shape index (κ3) is 4.06. The van der Waals surface area contributed by atoms with E-state index >= 15 is 0 Å². The minimum absolute atomic E-state index is 0.0246. The molecule has 8 heteroatoms. The van der Waals surface area contributed by atoms with Crippen LogP contribution in [-0.2, 0) is 9.59 Å². The topological polar surface area (TPSA) is 102 Å². The van der Waals surface area contributed by atoms with Gasteiger partial charge in [-0.1, -0.05) is 0 Å². The van der Waals surface area contributed by atoms with Gasteiger partial charge in [0, 0.05) is 13.0 Å². The maximum absolute atomic E-state index is 12.2. The van der Waals surface area contributed by atoms with Crippen molar-refractivity contribution in [2.75, 3.05) is 25.1 Å². The van der Waals surface area contributed by atoms with Crippen molar-refractivity contribution >= 4 is 17.5 Å². The fourth-order valence-corrected chi connectivity index (χ4v) is 2.07. The van der Waals surface area contributed by atoms with Gasteiger partial charge in [0.2, 0.25) is 17.7 Å². The van der Waals surface area contributed by atoms with Crippen molar-refractivity contribution in [1.82, 2.24) is 15.3 Å². The van der Waals surface area contributed by atoms with Gasteiger partial charge in [-0.15, -0.1) is 0 Å². The van der Waals surface area contributed by atoms with E-state index in [2.05, 4.69) is 20.6 Å². The summed E-state index contributed by atoms with van der Waals surface area (Å²) >= 11 is 0. The van der Waals surface area contributed by atoms with Crippen LogP contribution in [0.2, 0.25) is 0 Å². The predicted octanol–water partition coefficient (Wildman–Crippen LogP) is 0.739. The SMILES string of the molecule is CCOc1ncc(NC(=O)C2CCC(=O)NC2)c(OCC)n1. The van der Waals surface area contributed by atoms with Crippen molar-refractivity contribution in [3.63, 3.8) is 0 Å². The predicted molar refractivity (Wildman–Crippen MR) is 78.7 cm³/mol. The number of hydrogen-bond donors (Lipinski definition) is 2. The molecule has 22 heavy (non-hydrogen) atoms. The molecule has 1 saturated heterocycles. The molecule has 2 N–H and O–H groups in total. The Balaban J connectivity index is 2.07.